The van der Waals surface area contributed by atoms with Gasteiger partial charge in [-0.15, -0.1) is 0 Å². The van der Waals surface area contributed by atoms with Gasteiger partial charge in [0.2, 0.25) is 5.91 Å². The molecule has 1 amide bonds. The fourth-order valence-electron chi connectivity index (χ4n) is 1.64. The molecule has 2 N–H and O–H groups in total. The van der Waals surface area contributed by atoms with Crippen LogP contribution in [0.4, 0.5) is 0 Å². The van der Waals surface area contributed by atoms with Gasteiger partial charge < -0.3 is 15.0 Å². The van der Waals surface area contributed by atoms with Crippen LogP contribution in [0.5, 0.6) is 0 Å². The van der Waals surface area contributed by atoms with Crippen molar-refractivity contribution in [1.82, 2.24) is 9.88 Å². The quantitative estimate of drug-likeness (QED) is 0.819. The summed E-state index contributed by atoms with van der Waals surface area (Å²) in [4.78, 5) is 34.0. The average Bonchev–Trinajstić information content (AvgIpc) is 2.34. The second-order valence-electron chi connectivity index (χ2n) is 3.95. The van der Waals surface area contributed by atoms with E-state index in [-0.39, 0.29) is 24.4 Å². The first-order valence-corrected chi connectivity index (χ1v) is 6.62. The molecule has 0 spiro atoms. The van der Waals surface area contributed by atoms with E-state index >= 15 is 0 Å². The topological polar surface area (TPSA) is 88.4 Å². The van der Waals surface area contributed by atoms with E-state index in [1.807, 2.05) is 0 Å². The van der Waals surface area contributed by atoms with Crippen LogP contribution in [0, 0.1) is 0 Å². The number of aliphatic carboxylic acids is 1. The van der Waals surface area contributed by atoms with Crippen molar-refractivity contribution in [2.45, 2.75) is 25.8 Å². The summed E-state index contributed by atoms with van der Waals surface area (Å²) < 4.78 is 2.03. The van der Waals surface area contributed by atoms with Crippen LogP contribution < -0.4 is 10.9 Å². The van der Waals surface area contributed by atoms with Crippen molar-refractivity contribution in [3.8, 4) is 0 Å². The van der Waals surface area contributed by atoms with Crippen molar-refractivity contribution in [3.05, 3.63) is 33.2 Å². The zero-order valence-corrected chi connectivity index (χ0v) is 12.0. The van der Waals surface area contributed by atoms with Gasteiger partial charge in [-0.1, -0.05) is 6.92 Å². The lowest BCUT2D eigenvalue weighted by Crippen LogP contribution is -2.37. The van der Waals surface area contributed by atoms with Gasteiger partial charge in [0.25, 0.3) is 5.56 Å². The molecule has 0 saturated heterocycles. The standard InChI is InChI=1S/C12H15BrN2O4/c1-2-9(12(19)14-6-5-11(17)18)15-7-8(13)3-4-10(15)16/h3-4,7,9H,2,5-6H2,1H3,(H,14,19)(H,17,18). The van der Waals surface area contributed by atoms with Crippen molar-refractivity contribution in [2.24, 2.45) is 0 Å². The molecule has 1 heterocycles. The van der Waals surface area contributed by atoms with E-state index in [0.29, 0.717) is 10.9 Å². The third-order valence-electron chi connectivity index (χ3n) is 2.57. The molecule has 1 atom stereocenters. The summed E-state index contributed by atoms with van der Waals surface area (Å²) in [5.41, 5.74) is -0.275. The highest BCUT2D eigenvalue weighted by Gasteiger charge is 2.19. The van der Waals surface area contributed by atoms with Crippen LogP contribution >= 0.6 is 15.9 Å². The molecule has 0 aliphatic rings. The Kier molecular flexibility index (Phi) is 5.75. The van der Waals surface area contributed by atoms with Gasteiger partial charge in [0.05, 0.1) is 6.42 Å². The fourth-order valence-corrected chi connectivity index (χ4v) is 1.99. The largest absolute Gasteiger partial charge is 0.481 e. The molecule has 7 heteroatoms. The van der Waals surface area contributed by atoms with E-state index in [9.17, 15) is 14.4 Å². The number of carbonyl (C=O) groups excluding carboxylic acids is 1. The molecule has 0 aliphatic carbocycles. The number of carbonyl (C=O) groups is 2. The molecular weight excluding hydrogens is 316 g/mol. The molecule has 6 nitrogen and oxygen atoms in total. The normalized spacial score (nSPS) is 11.9. The first-order valence-electron chi connectivity index (χ1n) is 5.83. The lowest BCUT2D eigenvalue weighted by atomic mass is 10.2. The summed E-state index contributed by atoms with van der Waals surface area (Å²) in [5.74, 6) is -1.34. The molecule has 0 aliphatic heterocycles. The zero-order chi connectivity index (χ0) is 14.4. The van der Waals surface area contributed by atoms with Gasteiger partial charge in [-0.2, -0.15) is 0 Å². The number of hydrogen-bond acceptors (Lipinski definition) is 3. The highest BCUT2D eigenvalue weighted by molar-refractivity contribution is 9.10. The second kappa shape index (κ2) is 7.08. The second-order valence-corrected chi connectivity index (χ2v) is 4.87. The molecule has 1 aromatic heterocycles. The van der Waals surface area contributed by atoms with Gasteiger partial charge in [-0.3, -0.25) is 14.4 Å². The number of aromatic nitrogens is 1. The maximum atomic E-state index is 11.9. The van der Waals surface area contributed by atoms with E-state index in [1.165, 1.54) is 10.6 Å². The maximum Gasteiger partial charge on any atom is 0.305 e. The SMILES string of the molecule is CCC(C(=O)NCCC(=O)O)n1cc(Br)ccc1=O. The predicted molar refractivity (Wildman–Crippen MR) is 73.0 cm³/mol. The third-order valence-corrected chi connectivity index (χ3v) is 3.03. The molecule has 0 saturated carbocycles. The van der Waals surface area contributed by atoms with Crippen molar-refractivity contribution in [2.75, 3.05) is 6.54 Å². The number of amides is 1. The third kappa shape index (κ3) is 4.51. The lowest BCUT2D eigenvalue weighted by Gasteiger charge is -2.17. The molecule has 1 rings (SSSR count). The minimum atomic E-state index is -0.979. The van der Waals surface area contributed by atoms with Crippen molar-refractivity contribution in [1.29, 1.82) is 0 Å². The Labute approximate surface area is 118 Å². The molecule has 0 aromatic carbocycles. The smallest absolute Gasteiger partial charge is 0.305 e. The average molecular weight is 331 g/mol. The number of nitrogens with zero attached hydrogens (tertiary/aromatic N) is 1. The molecule has 1 unspecified atom stereocenters. The van der Waals surface area contributed by atoms with Gasteiger partial charge in [-0.05, 0) is 28.4 Å². The molecular formula is C12H15BrN2O4. The van der Waals surface area contributed by atoms with Gasteiger partial charge in [-0.25, -0.2) is 0 Å². The number of hydrogen-bond donors (Lipinski definition) is 2. The van der Waals surface area contributed by atoms with E-state index in [2.05, 4.69) is 21.2 Å². The Morgan fingerprint density at radius 3 is 2.74 bits per heavy atom. The molecule has 0 radical (unpaired) electrons. The van der Waals surface area contributed by atoms with Gasteiger partial charge >= 0.3 is 5.97 Å². The van der Waals surface area contributed by atoms with Crippen LogP contribution in [0.15, 0.2) is 27.6 Å². The predicted octanol–water partition coefficient (Wildman–Crippen LogP) is 1.15. The number of carboxylic acids is 1. The highest BCUT2D eigenvalue weighted by atomic mass is 79.9. The van der Waals surface area contributed by atoms with E-state index in [4.69, 9.17) is 5.11 Å². The van der Waals surface area contributed by atoms with Crippen molar-refractivity contribution < 1.29 is 14.7 Å². The van der Waals surface area contributed by atoms with Crippen molar-refractivity contribution >= 4 is 27.8 Å². The Bertz CT molecular complexity index is 527. The molecule has 104 valence electrons. The number of nitrogens with one attached hydrogen (secondary N) is 1. The van der Waals surface area contributed by atoms with Crippen LogP contribution in [0.1, 0.15) is 25.8 Å². The molecule has 1 aromatic rings. The zero-order valence-electron chi connectivity index (χ0n) is 10.4. The minimum absolute atomic E-state index is 0.0490. The summed E-state index contributed by atoms with van der Waals surface area (Å²) in [7, 11) is 0. The van der Waals surface area contributed by atoms with E-state index in [0.717, 1.165) is 0 Å². The summed E-state index contributed by atoms with van der Waals surface area (Å²) in [6.45, 7) is 1.84. The highest BCUT2D eigenvalue weighted by Crippen LogP contribution is 2.13. The van der Waals surface area contributed by atoms with Gasteiger partial charge in [0.1, 0.15) is 6.04 Å². The Balaban J connectivity index is 2.82. The Morgan fingerprint density at radius 2 is 2.16 bits per heavy atom. The first kappa shape index (κ1) is 15.4. The summed E-state index contributed by atoms with van der Waals surface area (Å²) in [6.07, 6.45) is 1.85. The van der Waals surface area contributed by atoms with Gasteiger partial charge in [0.15, 0.2) is 0 Å². The van der Waals surface area contributed by atoms with Crippen LogP contribution in [-0.2, 0) is 9.59 Å². The Morgan fingerprint density at radius 1 is 1.47 bits per heavy atom. The summed E-state index contributed by atoms with van der Waals surface area (Å²) in [6, 6.07) is 2.34. The number of halogens is 1. The van der Waals surface area contributed by atoms with Crippen LogP contribution in [0.2, 0.25) is 0 Å². The van der Waals surface area contributed by atoms with Crippen LogP contribution in [0.25, 0.3) is 0 Å². The lowest BCUT2D eigenvalue weighted by molar-refractivity contribution is -0.137. The Hall–Kier alpha value is -1.63. The monoisotopic (exact) mass is 330 g/mol. The summed E-state index contributed by atoms with van der Waals surface area (Å²) >= 11 is 3.25. The number of rotatable bonds is 6. The maximum absolute atomic E-state index is 11.9. The molecule has 19 heavy (non-hydrogen) atoms. The number of pyridine rings is 1. The van der Waals surface area contributed by atoms with E-state index in [1.54, 1.807) is 19.2 Å². The molecule has 0 fully saturated rings. The van der Waals surface area contributed by atoms with Crippen LogP contribution in [0.3, 0.4) is 0 Å². The summed E-state index contributed by atoms with van der Waals surface area (Å²) in [5, 5.41) is 11.0. The van der Waals surface area contributed by atoms with Crippen molar-refractivity contribution in [3.63, 3.8) is 0 Å². The first-order chi connectivity index (χ1) is 8.95. The molecule has 0 bridgehead atoms. The van der Waals surface area contributed by atoms with E-state index < -0.39 is 12.0 Å². The number of carboxylic acid groups (broad SMARTS) is 1. The minimum Gasteiger partial charge on any atom is -0.481 e. The van der Waals surface area contributed by atoms with Gasteiger partial charge in [0, 0.05) is 23.3 Å². The fraction of sp³-hybridized carbons (Fsp3) is 0.417. The van der Waals surface area contributed by atoms with Crippen LogP contribution in [-0.4, -0.2) is 28.1 Å².